The maximum atomic E-state index is 3.26. The average molecular weight is 232 g/mol. The second-order valence-electron chi connectivity index (χ2n) is 5.85. The summed E-state index contributed by atoms with van der Waals surface area (Å²) in [5, 5.41) is 3.26. The molecule has 17 heavy (non-hydrogen) atoms. The lowest BCUT2D eigenvalue weighted by Crippen LogP contribution is -2.40. The Kier molecular flexibility index (Phi) is 3.72. The Labute approximate surface area is 105 Å². The number of rotatable bonds is 3. The summed E-state index contributed by atoms with van der Waals surface area (Å²) in [5.41, 5.74) is 3.27. The zero-order valence-electron chi connectivity index (χ0n) is 11.3. The summed E-state index contributed by atoms with van der Waals surface area (Å²) < 4.78 is 0. The standard InChI is InChI=1S/C15H24N2/c1-15(2)9-6-10-17(12-15)14-8-5-4-7-13(14)11-16-3/h4-5,7-8,16H,6,9-12H2,1-3H3. The zero-order valence-corrected chi connectivity index (χ0v) is 11.3. The molecule has 94 valence electrons. The fourth-order valence-electron chi connectivity index (χ4n) is 2.79. The molecule has 0 aromatic heterocycles. The minimum absolute atomic E-state index is 0.449. The Hall–Kier alpha value is -1.02. The Morgan fingerprint density at radius 3 is 2.76 bits per heavy atom. The molecule has 1 aliphatic rings. The number of anilines is 1. The summed E-state index contributed by atoms with van der Waals surface area (Å²) in [6.07, 6.45) is 2.65. The minimum atomic E-state index is 0.449. The van der Waals surface area contributed by atoms with Crippen LogP contribution in [-0.2, 0) is 6.54 Å². The van der Waals surface area contributed by atoms with Crippen LogP contribution in [0.4, 0.5) is 5.69 Å². The summed E-state index contributed by atoms with van der Waals surface area (Å²) in [6, 6.07) is 8.77. The van der Waals surface area contributed by atoms with Crippen molar-refractivity contribution in [3.05, 3.63) is 29.8 Å². The molecule has 1 saturated heterocycles. The first-order chi connectivity index (χ1) is 8.12. The highest BCUT2D eigenvalue weighted by molar-refractivity contribution is 5.54. The van der Waals surface area contributed by atoms with Gasteiger partial charge in [0, 0.05) is 25.3 Å². The minimum Gasteiger partial charge on any atom is -0.371 e. The summed E-state index contributed by atoms with van der Waals surface area (Å²) >= 11 is 0. The molecule has 2 heteroatoms. The van der Waals surface area contributed by atoms with Crippen molar-refractivity contribution in [3.8, 4) is 0 Å². The van der Waals surface area contributed by atoms with E-state index in [1.54, 1.807) is 0 Å². The van der Waals surface area contributed by atoms with Crippen molar-refractivity contribution in [3.63, 3.8) is 0 Å². The van der Waals surface area contributed by atoms with E-state index in [0.717, 1.165) is 6.54 Å². The number of nitrogens with zero attached hydrogens (tertiary/aromatic N) is 1. The molecule has 0 saturated carbocycles. The van der Waals surface area contributed by atoms with Gasteiger partial charge in [-0.1, -0.05) is 32.0 Å². The topological polar surface area (TPSA) is 15.3 Å². The lowest BCUT2D eigenvalue weighted by Gasteiger charge is -2.40. The smallest absolute Gasteiger partial charge is 0.0412 e. The predicted molar refractivity (Wildman–Crippen MR) is 74.4 cm³/mol. The van der Waals surface area contributed by atoms with Gasteiger partial charge in [-0.15, -0.1) is 0 Å². The molecular formula is C15H24N2. The first-order valence-corrected chi connectivity index (χ1v) is 6.60. The van der Waals surface area contributed by atoms with Gasteiger partial charge >= 0.3 is 0 Å². The van der Waals surface area contributed by atoms with Crippen LogP contribution in [-0.4, -0.2) is 20.1 Å². The molecule has 0 radical (unpaired) electrons. The lowest BCUT2D eigenvalue weighted by atomic mass is 9.84. The second-order valence-corrected chi connectivity index (χ2v) is 5.85. The van der Waals surface area contributed by atoms with E-state index in [0.29, 0.717) is 5.41 Å². The lowest BCUT2D eigenvalue weighted by molar-refractivity contribution is 0.293. The Morgan fingerprint density at radius 2 is 2.06 bits per heavy atom. The van der Waals surface area contributed by atoms with Crippen LogP contribution in [0.2, 0.25) is 0 Å². The molecule has 1 aromatic carbocycles. The van der Waals surface area contributed by atoms with Gasteiger partial charge in [0.25, 0.3) is 0 Å². The molecule has 0 amide bonds. The van der Waals surface area contributed by atoms with Gasteiger partial charge in [0.15, 0.2) is 0 Å². The van der Waals surface area contributed by atoms with Gasteiger partial charge in [-0.05, 0) is 36.9 Å². The second kappa shape index (κ2) is 5.09. The fourth-order valence-corrected chi connectivity index (χ4v) is 2.79. The molecule has 1 aliphatic heterocycles. The van der Waals surface area contributed by atoms with E-state index < -0.39 is 0 Å². The summed E-state index contributed by atoms with van der Waals surface area (Å²) in [6.45, 7) is 8.07. The normalized spacial score (nSPS) is 19.4. The zero-order chi connectivity index (χ0) is 12.3. The molecule has 2 nitrogen and oxygen atoms in total. The molecule has 2 rings (SSSR count). The van der Waals surface area contributed by atoms with E-state index >= 15 is 0 Å². The Balaban J connectivity index is 2.21. The summed E-state index contributed by atoms with van der Waals surface area (Å²) in [5.74, 6) is 0. The molecule has 1 fully saturated rings. The van der Waals surface area contributed by atoms with Crippen LogP contribution in [0.1, 0.15) is 32.3 Å². The van der Waals surface area contributed by atoms with Gasteiger partial charge in [-0.2, -0.15) is 0 Å². The van der Waals surface area contributed by atoms with Crippen molar-refractivity contribution in [2.45, 2.75) is 33.2 Å². The van der Waals surface area contributed by atoms with Gasteiger partial charge in [0.2, 0.25) is 0 Å². The molecule has 0 spiro atoms. The molecule has 1 heterocycles. The average Bonchev–Trinajstić information content (AvgIpc) is 2.29. The van der Waals surface area contributed by atoms with E-state index in [1.165, 1.54) is 37.2 Å². The first-order valence-electron chi connectivity index (χ1n) is 6.60. The highest BCUT2D eigenvalue weighted by Gasteiger charge is 2.27. The molecule has 0 atom stereocenters. The molecule has 1 aromatic rings. The Bertz CT molecular complexity index is 371. The summed E-state index contributed by atoms with van der Waals surface area (Å²) in [7, 11) is 2.01. The van der Waals surface area contributed by atoms with Crippen LogP contribution in [0.3, 0.4) is 0 Å². The van der Waals surface area contributed by atoms with Crippen LogP contribution in [0, 0.1) is 5.41 Å². The van der Waals surface area contributed by atoms with Crippen LogP contribution >= 0.6 is 0 Å². The van der Waals surface area contributed by atoms with Crippen LogP contribution in [0.15, 0.2) is 24.3 Å². The maximum Gasteiger partial charge on any atom is 0.0412 e. The van der Waals surface area contributed by atoms with Gasteiger partial charge < -0.3 is 10.2 Å². The van der Waals surface area contributed by atoms with Gasteiger partial charge in [-0.25, -0.2) is 0 Å². The van der Waals surface area contributed by atoms with E-state index in [9.17, 15) is 0 Å². The van der Waals surface area contributed by atoms with Crippen molar-refractivity contribution in [2.75, 3.05) is 25.0 Å². The molecule has 1 N–H and O–H groups in total. The van der Waals surface area contributed by atoms with E-state index in [-0.39, 0.29) is 0 Å². The van der Waals surface area contributed by atoms with Crippen molar-refractivity contribution in [1.82, 2.24) is 5.32 Å². The quantitative estimate of drug-likeness (QED) is 0.861. The highest BCUT2D eigenvalue weighted by atomic mass is 15.1. The molecular weight excluding hydrogens is 208 g/mol. The number of piperidine rings is 1. The fraction of sp³-hybridized carbons (Fsp3) is 0.600. The molecule has 0 unspecified atom stereocenters. The molecule has 0 bridgehead atoms. The third kappa shape index (κ3) is 3.01. The molecule has 0 aliphatic carbocycles. The van der Waals surface area contributed by atoms with Gasteiger partial charge in [0.1, 0.15) is 0 Å². The largest absolute Gasteiger partial charge is 0.371 e. The maximum absolute atomic E-state index is 3.26. The van der Waals surface area contributed by atoms with Crippen molar-refractivity contribution < 1.29 is 0 Å². The van der Waals surface area contributed by atoms with E-state index in [2.05, 4.69) is 48.3 Å². The van der Waals surface area contributed by atoms with Gasteiger partial charge in [0.05, 0.1) is 0 Å². The monoisotopic (exact) mass is 232 g/mol. The van der Waals surface area contributed by atoms with Crippen LogP contribution < -0.4 is 10.2 Å². The van der Waals surface area contributed by atoms with Crippen molar-refractivity contribution in [2.24, 2.45) is 5.41 Å². The first kappa shape index (κ1) is 12.4. The predicted octanol–water partition coefficient (Wildman–Crippen LogP) is 3.03. The third-order valence-electron chi connectivity index (χ3n) is 3.60. The van der Waals surface area contributed by atoms with Gasteiger partial charge in [-0.3, -0.25) is 0 Å². The van der Waals surface area contributed by atoms with E-state index in [4.69, 9.17) is 0 Å². The SMILES string of the molecule is CNCc1ccccc1N1CCCC(C)(C)C1. The summed E-state index contributed by atoms with van der Waals surface area (Å²) in [4.78, 5) is 2.55. The van der Waals surface area contributed by atoms with E-state index in [1.807, 2.05) is 7.05 Å². The van der Waals surface area contributed by atoms with Crippen molar-refractivity contribution in [1.29, 1.82) is 0 Å². The number of hydrogen-bond donors (Lipinski definition) is 1. The van der Waals surface area contributed by atoms with Crippen LogP contribution in [0.5, 0.6) is 0 Å². The third-order valence-corrected chi connectivity index (χ3v) is 3.60. The number of nitrogens with one attached hydrogen (secondary N) is 1. The highest BCUT2D eigenvalue weighted by Crippen LogP contribution is 2.32. The number of para-hydroxylation sites is 1. The van der Waals surface area contributed by atoms with Crippen LogP contribution in [0.25, 0.3) is 0 Å². The number of benzene rings is 1. The Morgan fingerprint density at radius 1 is 1.29 bits per heavy atom. The van der Waals surface area contributed by atoms with Crippen molar-refractivity contribution >= 4 is 5.69 Å². The number of hydrogen-bond acceptors (Lipinski definition) is 2.